The standard InChI is InChI=1S/C14H18N4O2/c1-9-13(8-18(3)17-9)16-14(20)15-12-6-4-11(5-7-12)10(2)19/h4-8,10,19H,1-3H3,(H2,15,16,20). The van der Waals surface area contributed by atoms with E-state index in [2.05, 4.69) is 15.7 Å². The molecule has 1 atom stereocenters. The smallest absolute Gasteiger partial charge is 0.323 e. The number of rotatable bonds is 3. The SMILES string of the molecule is Cc1nn(C)cc1NC(=O)Nc1ccc(C(C)O)cc1. The summed E-state index contributed by atoms with van der Waals surface area (Å²) in [5.74, 6) is 0. The number of hydrogen-bond acceptors (Lipinski definition) is 3. The molecular weight excluding hydrogens is 256 g/mol. The van der Waals surface area contributed by atoms with Gasteiger partial charge < -0.3 is 15.7 Å². The van der Waals surface area contributed by atoms with Crippen LogP contribution in [0.1, 0.15) is 24.3 Å². The topological polar surface area (TPSA) is 79.2 Å². The molecule has 0 fully saturated rings. The number of aliphatic hydroxyl groups excluding tert-OH is 1. The average molecular weight is 274 g/mol. The minimum Gasteiger partial charge on any atom is -0.389 e. The van der Waals surface area contributed by atoms with Crippen molar-refractivity contribution in [1.82, 2.24) is 9.78 Å². The first-order chi connectivity index (χ1) is 9.45. The molecule has 1 heterocycles. The number of nitrogens with zero attached hydrogens (tertiary/aromatic N) is 2. The van der Waals surface area contributed by atoms with Crippen LogP contribution in [0.4, 0.5) is 16.2 Å². The van der Waals surface area contributed by atoms with Crippen molar-refractivity contribution in [3.05, 3.63) is 41.7 Å². The van der Waals surface area contributed by atoms with Crippen molar-refractivity contribution in [3.63, 3.8) is 0 Å². The van der Waals surface area contributed by atoms with Crippen LogP contribution in [-0.2, 0) is 7.05 Å². The van der Waals surface area contributed by atoms with Gasteiger partial charge in [-0.25, -0.2) is 4.79 Å². The van der Waals surface area contributed by atoms with E-state index in [0.29, 0.717) is 11.4 Å². The molecule has 20 heavy (non-hydrogen) atoms. The number of anilines is 2. The highest BCUT2D eigenvalue weighted by Crippen LogP contribution is 2.16. The highest BCUT2D eigenvalue weighted by atomic mass is 16.3. The first-order valence-electron chi connectivity index (χ1n) is 6.32. The van der Waals surface area contributed by atoms with Gasteiger partial charge in [0.25, 0.3) is 0 Å². The summed E-state index contributed by atoms with van der Waals surface area (Å²) in [5, 5.41) is 19.0. The fourth-order valence-electron chi connectivity index (χ4n) is 1.85. The van der Waals surface area contributed by atoms with Gasteiger partial charge in [0.2, 0.25) is 0 Å². The second kappa shape index (κ2) is 5.75. The maximum absolute atomic E-state index is 11.9. The Balaban J connectivity index is 1.99. The monoisotopic (exact) mass is 274 g/mol. The molecule has 2 amide bonds. The molecule has 0 bridgehead atoms. The Hall–Kier alpha value is -2.34. The summed E-state index contributed by atoms with van der Waals surface area (Å²) < 4.78 is 1.64. The molecule has 0 spiro atoms. The summed E-state index contributed by atoms with van der Waals surface area (Å²) in [4.78, 5) is 11.9. The molecule has 2 rings (SSSR count). The number of carbonyl (C=O) groups is 1. The van der Waals surface area contributed by atoms with E-state index in [9.17, 15) is 9.90 Å². The molecular formula is C14H18N4O2. The van der Waals surface area contributed by atoms with Gasteiger partial charge in [-0.2, -0.15) is 5.10 Å². The lowest BCUT2D eigenvalue weighted by atomic mass is 10.1. The van der Waals surface area contributed by atoms with E-state index >= 15 is 0 Å². The summed E-state index contributed by atoms with van der Waals surface area (Å²) in [6.07, 6.45) is 1.22. The second-order valence-corrected chi connectivity index (χ2v) is 4.68. The summed E-state index contributed by atoms with van der Waals surface area (Å²) >= 11 is 0. The van der Waals surface area contributed by atoms with E-state index in [4.69, 9.17) is 0 Å². The predicted octanol–water partition coefficient (Wildman–Crippen LogP) is 2.43. The Labute approximate surface area is 117 Å². The molecule has 1 unspecified atom stereocenters. The fraction of sp³-hybridized carbons (Fsp3) is 0.286. The summed E-state index contributed by atoms with van der Waals surface area (Å²) in [5.41, 5.74) is 2.89. The Bertz CT molecular complexity index is 602. The van der Waals surface area contributed by atoms with Gasteiger partial charge in [0, 0.05) is 18.9 Å². The van der Waals surface area contributed by atoms with E-state index in [1.54, 1.807) is 49.1 Å². The van der Waals surface area contributed by atoms with E-state index in [-0.39, 0.29) is 6.03 Å². The molecule has 6 heteroatoms. The van der Waals surface area contributed by atoms with E-state index < -0.39 is 6.10 Å². The number of urea groups is 1. The van der Waals surface area contributed by atoms with Crippen molar-refractivity contribution in [2.75, 3.05) is 10.6 Å². The third-order valence-electron chi connectivity index (χ3n) is 2.91. The van der Waals surface area contributed by atoms with Gasteiger partial charge in [-0.05, 0) is 31.5 Å². The Morgan fingerprint density at radius 2 is 1.95 bits per heavy atom. The van der Waals surface area contributed by atoms with Crippen LogP contribution in [0.2, 0.25) is 0 Å². The zero-order valence-corrected chi connectivity index (χ0v) is 11.7. The molecule has 0 aliphatic carbocycles. The number of benzene rings is 1. The number of aryl methyl sites for hydroxylation is 2. The Kier molecular flexibility index (Phi) is 4.05. The van der Waals surface area contributed by atoms with Crippen LogP contribution in [0, 0.1) is 6.92 Å². The van der Waals surface area contributed by atoms with Crippen LogP contribution < -0.4 is 10.6 Å². The Morgan fingerprint density at radius 3 is 2.45 bits per heavy atom. The van der Waals surface area contributed by atoms with Crippen molar-refractivity contribution in [3.8, 4) is 0 Å². The first-order valence-corrected chi connectivity index (χ1v) is 6.32. The van der Waals surface area contributed by atoms with Crippen LogP contribution in [0.25, 0.3) is 0 Å². The molecule has 0 saturated carbocycles. The highest BCUT2D eigenvalue weighted by Gasteiger charge is 2.08. The third kappa shape index (κ3) is 3.36. The average Bonchev–Trinajstić information content (AvgIpc) is 2.68. The molecule has 1 aromatic heterocycles. The van der Waals surface area contributed by atoms with Crippen molar-refractivity contribution in [2.24, 2.45) is 7.05 Å². The minimum absolute atomic E-state index is 0.328. The van der Waals surface area contributed by atoms with Gasteiger partial charge >= 0.3 is 6.03 Å². The largest absolute Gasteiger partial charge is 0.389 e. The Morgan fingerprint density at radius 1 is 1.30 bits per heavy atom. The molecule has 2 aromatic rings. The van der Waals surface area contributed by atoms with Crippen molar-refractivity contribution in [1.29, 1.82) is 0 Å². The number of carbonyl (C=O) groups excluding carboxylic acids is 1. The summed E-state index contributed by atoms with van der Waals surface area (Å²) in [6, 6.07) is 6.71. The summed E-state index contributed by atoms with van der Waals surface area (Å²) in [6.45, 7) is 3.52. The number of hydrogen-bond donors (Lipinski definition) is 3. The molecule has 3 N–H and O–H groups in total. The number of amides is 2. The molecule has 0 radical (unpaired) electrons. The lowest BCUT2D eigenvalue weighted by molar-refractivity contribution is 0.199. The van der Waals surface area contributed by atoms with Crippen molar-refractivity contribution < 1.29 is 9.90 Å². The molecule has 0 saturated heterocycles. The van der Waals surface area contributed by atoms with Gasteiger partial charge in [-0.1, -0.05) is 12.1 Å². The third-order valence-corrected chi connectivity index (χ3v) is 2.91. The number of aliphatic hydroxyl groups is 1. The lowest BCUT2D eigenvalue weighted by Crippen LogP contribution is -2.19. The molecule has 1 aromatic carbocycles. The fourth-order valence-corrected chi connectivity index (χ4v) is 1.85. The van der Waals surface area contributed by atoms with Gasteiger partial charge in [0.1, 0.15) is 0 Å². The summed E-state index contributed by atoms with van der Waals surface area (Å²) in [7, 11) is 1.80. The van der Waals surface area contributed by atoms with Crippen LogP contribution in [-0.4, -0.2) is 20.9 Å². The molecule has 0 aliphatic heterocycles. The van der Waals surface area contributed by atoms with Gasteiger partial charge in [-0.3, -0.25) is 4.68 Å². The van der Waals surface area contributed by atoms with Crippen LogP contribution in [0.5, 0.6) is 0 Å². The second-order valence-electron chi connectivity index (χ2n) is 4.68. The van der Waals surface area contributed by atoms with Crippen LogP contribution in [0.3, 0.4) is 0 Å². The highest BCUT2D eigenvalue weighted by molar-refractivity contribution is 5.99. The van der Waals surface area contributed by atoms with E-state index in [1.807, 2.05) is 6.92 Å². The van der Waals surface area contributed by atoms with Crippen LogP contribution in [0.15, 0.2) is 30.5 Å². The molecule has 106 valence electrons. The van der Waals surface area contributed by atoms with Gasteiger partial charge in [0.15, 0.2) is 0 Å². The zero-order valence-electron chi connectivity index (χ0n) is 11.7. The lowest BCUT2D eigenvalue weighted by Gasteiger charge is -2.08. The maximum atomic E-state index is 11.9. The number of aromatic nitrogens is 2. The van der Waals surface area contributed by atoms with Crippen LogP contribution >= 0.6 is 0 Å². The first kappa shape index (κ1) is 14.1. The predicted molar refractivity (Wildman–Crippen MR) is 77.7 cm³/mol. The number of nitrogens with one attached hydrogen (secondary N) is 2. The van der Waals surface area contributed by atoms with Crippen molar-refractivity contribution >= 4 is 17.4 Å². The van der Waals surface area contributed by atoms with Gasteiger partial charge in [-0.15, -0.1) is 0 Å². The van der Waals surface area contributed by atoms with E-state index in [0.717, 1.165) is 11.3 Å². The van der Waals surface area contributed by atoms with Crippen molar-refractivity contribution in [2.45, 2.75) is 20.0 Å². The minimum atomic E-state index is -0.518. The zero-order chi connectivity index (χ0) is 14.7. The quantitative estimate of drug-likeness (QED) is 0.804. The molecule has 0 aliphatic rings. The normalized spacial score (nSPS) is 12.0. The van der Waals surface area contributed by atoms with Gasteiger partial charge in [0.05, 0.1) is 17.5 Å². The molecule has 6 nitrogen and oxygen atoms in total. The van der Waals surface area contributed by atoms with E-state index in [1.165, 1.54) is 0 Å². The maximum Gasteiger partial charge on any atom is 0.323 e.